The standard InChI is InChI=1S/C19H22O4/c1-15(20)19-17(21)11-8-12-18(19)23-14-7-3-6-13-22-16-9-4-2-5-10-16/h2,4-5,8-12,21H,3,6-7,13-14H2,1H3. The summed E-state index contributed by atoms with van der Waals surface area (Å²) in [5.41, 5.74) is 0.250. The molecule has 122 valence electrons. The summed E-state index contributed by atoms with van der Waals surface area (Å²) in [5, 5.41) is 9.73. The van der Waals surface area contributed by atoms with E-state index in [4.69, 9.17) is 9.47 Å². The molecule has 0 aliphatic heterocycles. The second-order valence-corrected chi connectivity index (χ2v) is 5.28. The lowest BCUT2D eigenvalue weighted by Crippen LogP contribution is -2.04. The highest BCUT2D eigenvalue weighted by atomic mass is 16.5. The number of benzene rings is 2. The van der Waals surface area contributed by atoms with Gasteiger partial charge >= 0.3 is 0 Å². The fourth-order valence-corrected chi connectivity index (χ4v) is 2.26. The normalized spacial score (nSPS) is 10.3. The number of hydrogen-bond acceptors (Lipinski definition) is 4. The summed E-state index contributed by atoms with van der Waals surface area (Å²) >= 11 is 0. The number of rotatable bonds is 9. The lowest BCUT2D eigenvalue weighted by Gasteiger charge is -2.11. The van der Waals surface area contributed by atoms with Gasteiger partial charge in [0, 0.05) is 0 Å². The fraction of sp³-hybridized carbons (Fsp3) is 0.316. The van der Waals surface area contributed by atoms with Crippen molar-refractivity contribution in [3.8, 4) is 17.2 Å². The van der Waals surface area contributed by atoms with Crippen LogP contribution in [0.25, 0.3) is 0 Å². The van der Waals surface area contributed by atoms with Crippen LogP contribution in [0.5, 0.6) is 17.2 Å². The number of ether oxygens (including phenoxy) is 2. The summed E-state index contributed by atoms with van der Waals surface area (Å²) < 4.78 is 11.2. The van der Waals surface area contributed by atoms with Crippen molar-refractivity contribution in [3.05, 3.63) is 54.1 Å². The predicted octanol–water partition coefficient (Wildman–Crippen LogP) is 4.22. The molecule has 0 aliphatic rings. The van der Waals surface area contributed by atoms with Crippen molar-refractivity contribution in [3.63, 3.8) is 0 Å². The van der Waals surface area contributed by atoms with E-state index in [1.54, 1.807) is 12.1 Å². The average molecular weight is 314 g/mol. The molecule has 4 heteroatoms. The van der Waals surface area contributed by atoms with Crippen LogP contribution in [0.2, 0.25) is 0 Å². The van der Waals surface area contributed by atoms with Gasteiger partial charge < -0.3 is 14.6 Å². The molecule has 2 rings (SSSR count). The summed E-state index contributed by atoms with van der Waals surface area (Å²) in [7, 11) is 0. The molecule has 23 heavy (non-hydrogen) atoms. The number of carbonyl (C=O) groups excluding carboxylic acids is 1. The van der Waals surface area contributed by atoms with Gasteiger partial charge in [-0.1, -0.05) is 24.3 Å². The van der Waals surface area contributed by atoms with Crippen LogP contribution in [0.4, 0.5) is 0 Å². The van der Waals surface area contributed by atoms with Crippen molar-refractivity contribution in [2.24, 2.45) is 0 Å². The molecule has 4 nitrogen and oxygen atoms in total. The number of hydrogen-bond donors (Lipinski definition) is 1. The lowest BCUT2D eigenvalue weighted by molar-refractivity contribution is 0.101. The number of para-hydroxylation sites is 1. The van der Waals surface area contributed by atoms with Gasteiger partial charge in [0.05, 0.1) is 13.2 Å². The van der Waals surface area contributed by atoms with Gasteiger partial charge in [0.1, 0.15) is 22.8 Å². The maximum Gasteiger partial charge on any atom is 0.167 e. The van der Waals surface area contributed by atoms with Crippen LogP contribution < -0.4 is 9.47 Å². The van der Waals surface area contributed by atoms with Gasteiger partial charge in [0.25, 0.3) is 0 Å². The number of aromatic hydroxyl groups is 1. The Hall–Kier alpha value is -2.49. The van der Waals surface area contributed by atoms with E-state index in [2.05, 4.69) is 0 Å². The highest BCUT2D eigenvalue weighted by molar-refractivity contribution is 5.99. The molecule has 0 aromatic heterocycles. The van der Waals surface area contributed by atoms with Crippen LogP contribution in [0.1, 0.15) is 36.5 Å². The third kappa shape index (κ3) is 5.33. The first kappa shape index (κ1) is 16.9. The maximum absolute atomic E-state index is 11.5. The van der Waals surface area contributed by atoms with Crippen molar-refractivity contribution in [2.45, 2.75) is 26.2 Å². The molecule has 0 radical (unpaired) electrons. The Morgan fingerprint density at radius 2 is 1.61 bits per heavy atom. The minimum absolute atomic E-state index is 0.0359. The summed E-state index contributed by atoms with van der Waals surface area (Å²) in [4.78, 5) is 11.5. The minimum Gasteiger partial charge on any atom is -0.507 e. The van der Waals surface area contributed by atoms with Gasteiger partial charge in [-0.05, 0) is 50.5 Å². The number of unbranched alkanes of at least 4 members (excludes halogenated alkanes) is 2. The van der Waals surface area contributed by atoms with Crippen molar-refractivity contribution in [1.82, 2.24) is 0 Å². The van der Waals surface area contributed by atoms with Gasteiger partial charge in [0.2, 0.25) is 0 Å². The van der Waals surface area contributed by atoms with E-state index < -0.39 is 0 Å². The molecule has 0 spiro atoms. The molecule has 1 N–H and O–H groups in total. The molecule has 0 saturated heterocycles. The Morgan fingerprint density at radius 3 is 2.30 bits per heavy atom. The zero-order valence-corrected chi connectivity index (χ0v) is 13.3. The Bertz CT molecular complexity index is 623. The van der Waals surface area contributed by atoms with E-state index >= 15 is 0 Å². The van der Waals surface area contributed by atoms with Gasteiger partial charge in [0.15, 0.2) is 5.78 Å². The summed E-state index contributed by atoms with van der Waals surface area (Å²) in [6.07, 6.45) is 2.78. The molecule has 2 aromatic carbocycles. The Kier molecular flexibility index (Phi) is 6.48. The molecule has 0 fully saturated rings. The van der Waals surface area contributed by atoms with Crippen molar-refractivity contribution in [2.75, 3.05) is 13.2 Å². The number of Topliss-reactive ketones (excluding diaryl/α,β-unsaturated/α-hetero) is 1. The lowest BCUT2D eigenvalue weighted by atomic mass is 10.1. The molecule has 0 amide bonds. The Morgan fingerprint density at radius 1 is 0.913 bits per heavy atom. The third-order valence-corrected chi connectivity index (χ3v) is 3.41. The van der Waals surface area contributed by atoms with E-state index in [9.17, 15) is 9.90 Å². The molecule has 0 unspecified atom stereocenters. The van der Waals surface area contributed by atoms with E-state index in [0.717, 1.165) is 25.0 Å². The van der Waals surface area contributed by atoms with E-state index in [1.807, 2.05) is 30.3 Å². The number of phenolic OH excluding ortho intramolecular Hbond substituents is 1. The quantitative estimate of drug-likeness (QED) is 0.556. The fourth-order valence-electron chi connectivity index (χ4n) is 2.26. The Labute approximate surface area is 136 Å². The second kappa shape index (κ2) is 8.83. The second-order valence-electron chi connectivity index (χ2n) is 5.28. The summed E-state index contributed by atoms with van der Waals surface area (Å²) in [6.45, 7) is 2.60. The predicted molar refractivity (Wildman–Crippen MR) is 89.4 cm³/mol. The van der Waals surface area contributed by atoms with E-state index in [-0.39, 0.29) is 17.1 Å². The zero-order chi connectivity index (χ0) is 16.5. The smallest absolute Gasteiger partial charge is 0.167 e. The molecule has 0 saturated carbocycles. The van der Waals surface area contributed by atoms with Crippen LogP contribution >= 0.6 is 0 Å². The van der Waals surface area contributed by atoms with Gasteiger partial charge in [-0.2, -0.15) is 0 Å². The van der Waals surface area contributed by atoms with Crippen LogP contribution in [-0.2, 0) is 0 Å². The molecule has 2 aromatic rings. The number of phenols is 1. The topological polar surface area (TPSA) is 55.8 Å². The van der Waals surface area contributed by atoms with E-state index in [0.29, 0.717) is 19.0 Å². The van der Waals surface area contributed by atoms with Crippen LogP contribution in [0.15, 0.2) is 48.5 Å². The first-order chi connectivity index (χ1) is 11.2. The van der Waals surface area contributed by atoms with Crippen LogP contribution in [0.3, 0.4) is 0 Å². The first-order valence-electron chi connectivity index (χ1n) is 7.82. The minimum atomic E-state index is -0.200. The first-order valence-corrected chi connectivity index (χ1v) is 7.82. The highest BCUT2D eigenvalue weighted by Gasteiger charge is 2.13. The molecular weight excluding hydrogens is 292 g/mol. The monoisotopic (exact) mass is 314 g/mol. The SMILES string of the molecule is CC(=O)c1c(O)cccc1OCCCCCOc1ccccc1. The number of ketones is 1. The van der Waals surface area contributed by atoms with Crippen molar-refractivity contribution in [1.29, 1.82) is 0 Å². The molecule has 0 bridgehead atoms. The number of carbonyl (C=O) groups is 1. The van der Waals surface area contributed by atoms with E-state index in [1.165, 1.54) is 13.0 Å². The van der Waals surface area contributed by atoms with Crippen LogP contribution in [-0.4, -0.2) is 24.1 Å². The molecule has 0 atom stereocenters. The van der Waals surface area contributed by atoms with Crippen molar-refractivity contribution >= 4 is 5.78 Å². The molecule has 0 aliphatic carbocycles. The average Bonchev–Trinajstić information content (AvgIpc) is 2.54. The largest absolute Gasteiger partial charge is 0.507 e. The van der Waals surface area contributed by atoms with Gasteiger partial charge in [-0.3, -0.25) is 4.79 Å². The summed E-state index contributed by atoms with van der Waals surface area (Å²) in [6, 6.07) is 14.6. The third-order valence-electron chi connectivity index (χ3n) is 3.41. The maximum atomic E-state index is 11.5. The Balaban J connectivity index is 1.66. The highest BCUT2D eigenvalue weighted by Crippen LogP contribution is 2.28. The van der Waals surface area contributed by atoms with Crippen LogP contribution in [0, 0.1) is 0 Å². The van der Waals surface area contributed by atoms with Crippen molar-refractivity contribution < 1.29 is 19.4 Å². The molecule has 0 heterocycles. The zero-order valence-electron chi connectivity index (χ0n) is 13.3. The van der Waals surface area contributed by atoms with Gasteiger partial charge in [-0.15, -0.1) is 0 Å². The summed E-state index contributed by atoms with van der Waals surface area (Å²) in [5.74, 6) is 1.09. The van der Waals surface area contributed by atoms with Gasteiger partial charge in [-0.25, -0.2) is 0 Å². The molecular formula is C19H22O4.